The number of likely N-dealkylation sites (tertiary alicyclic amines) is 1. The molecule has 1 N–H and O–H groups in total. The summed E-state index contributed by atoms with van der Waals surface area (Å²) in [5, 5.41) is 3.20. The molecule has 70 valence electrons. The molecule has 0 atom stereocenters. The number of piperidine rings is 1. The lowest BCUT2D eigenvalue weighted by molar-refractivity contribution is 0.110. The average molecular weight is 172 g/mol. The topological polar surface area (TPSA) is 41.6 Å². The lowest BCUT2D eigenvalue weighted by Crippen LogP contribution is -2.43. The molecule has 0 radical (unpaired) electrons. The van der Waals surface area contributed by atoms with Crippen molar-refractivity contribution in [3.63, 3.8) is 0 Å². The van der Waals surface area contributed by atoms with Gasteiger partial charge in [0.1, 0.15) is 0 Å². The molecule has 0 bridgehead atoms. The van der Waals surface area contributed by atoms with E-state index in [4.69, 9.17) is 0 Å². The zero-order chi connectivity index (χ0) is 8.97. The fourth-order valence-electron chi connectivity index (χ4n) is 1.48. The van der Waals surface area contributed by atoms with Crippen LogP contribution in [0.5, 0.6) is 0 Å². The van der Waals surface area contributed by atoms with Gasteiger partial charge in [0, 0.05) is 19.1 Å². The number of rotatable bonds is 1. The second-order valence-corrected chi connectivity index (χ2v) is 3.02. The molecule has 1 aliphatic rings. The molecule has 1 rings (SSSR count). The van der Waals surface area contributed by atoms with Crippen molar-refractivity contribution in [2.45, 2.75) is 18.9 Å². The Hall–Kier alpha value is -0.770. The third kappa shape index (κ3) is 2.11. The molecule has 0 aromatic carbocycles. The molecule has 12 heavy (non-hydrogen) atoms. The Kier molecular flexibility index (Phi) is 3.34. The number of amides is 1. The number of nitrogens with one attached hydrogen (secondary N) is 1. The van der Waals surface area contributed by atoms with Crippen LogP contribution in [-0.4, -0.2) is 44.3 Å². The van der Waals surface area contributed by atoms with Crippen LogP contribution in [0.2, 0.25) is 0 Å². The number of hydrogen-bond donors (Lipinski definition) is 1. The summed E-state index contributed by atoms with van der Waals surface area (Å²) in [4.78, 5) is 12.8. The Morgan fingerprint density at radius 2 is 2.08 bits per heavy atom. The fourth-order valence-corrected chi connectivity index (χ4v) is 1.48. The maximum atomic E-state index is 11.0. The summed E-state index contributed by atoms with van der Waals surface area (Å²) in [6, 6.07) is 0.561. The van der Waals surface area contributed by atoms with E-state index >= 15 is 0 Å². The zero-order valence-corrected chi connectivity index (χ0v) is 7.67. The van der Waals surface area contributed by atoms with E-state index in [2.05, 4.69) is 10.1 Å². The number of nitrogens with zero attached hydrogens (tertiary/aromatic N) is 1. The van der Waals surface area contributed by atoms with Crippen molar-refractivity contribution in [2.24, 2.45) is 0 Å². The first-order chi connectivity index (χ1) is 5.77. The van der Waals surface area contributed by atoms with E-state index in [1.807, 2.05) is 7.05 Å². The number of hydrogen-bond acceptors (Lipinski definition) is 3. The quantitative estimate of drug-likeness (QED) is 0.624. The molecular formula is C8H16N2O2. The van der Waals surface area contributed by atoms with Crippen molar-refractivity contribution >= 4 is 6.09 Å². The second-order valence-electron chi connectivity index (χ2n) is 3.02. The molecule has 0 aromatic rings. The normalized spacial score (nSPS) is 19.3. The molecule has 1 amide bonds. The Morgan fingerprint density at radius 1 is 1.50 bits per heavy atom. The van der Waals surface area contributed by atoms with Gasteiger partial charge in [0.05, 0.1) is 7.11 Å². The van der Waals surface area contributed by atoms with Crippen LogP contribution in [0.25, 0.3) is 0 Å². The van der Waals surface area contributed by atoms with Crippen LogP contribution in [0.15, 0.2) is 0 Å². The molecule has 1 fully saturated rings. The van der Waals surface area contributed by atoms with Crippen molar-refractivity contribution in [1.29, 1.82) is 0 Å². The largest absolute Gasteiger partial charge is 0.453 e. The molecule has 1 heterocycles. The highest BCUT2D eigenvalue weighted by Crippen LogP contribution is 2.10. The van der Waals surface area contributed by atoms with E-state index in [0.717, 1.165) is 25.9 Å². The van der Waals surface area contributed by atoms with Gasteiger partial charge in [0.15, 0.2) is 0 Å². The van der Waals surface area contributed by atoms with Crippen molar-refractivity contribution in [3.8, 4) is 0 Å². The lowest BCUT2D eigenvalue weighted by atomic mass is 10.1. The lowest BCUT2D eigenvalue weighted by Gasteiger charge is -2.30. The Bertz CT molecular complexity index is 153. The van der Waals surface area contributed by atoms with Crippen LogP contribution >= 0.6 is 0 Å². The molecule has 4 nitrogen and oxygen atoms in total. The first kappa shape index (κ1) is 9.32. The van der Waals surface area contributed by atoms with Gasteiger partial charge in [-0.05, 0) is 19.9 Å². The van der Waals surface area contributed by atoms with Crippen LogP contribution in [0, 0.1) is 0 Å². The van der Waals surface area contributed by atoms with Gasteiger partial charge in [-0.1, -0.05) is 0 Å². The smallest absolute Gasteiger partial charge is 0.409 e. The van der Waals surface area contributed by atoms with Gasteiger partial charge in [0.25, 0.3) is 0 Å². The molecule has 0 aromatic heterocycles. The Labute approximate surface area is 72.9 Å². The summed E-state index contributed by atoms with van der Waals surface area (Å²) in [5.74, 6) is 0. The van der Waals surface area contributed by atoms with Gasteiger partial charge in [-0.2, -0.15) is 0 Å². The SMILES string of the molecule is CNC1CCN(C(=O)OC)CC1. The van der Waals surface area contributed by atoms with Gasteiger partial charge in [-0.25, -0.2) is 4.79 Å². The summed E-state index contributed by atoms with van der Waals surface area (Å²) < 4.78 is 4.63. The van der Waals surface area contributed by atoms with E-state index in [1.165, 1.54) is 7.11 Å². The maximum Gasteiger partial charge on any atom is 0.409 e. The van der Waals surface area contributed by atoms with Crippen LogP contribution in [-0.2, 0) is 4.74 Å². The van der Waals surface area contributed by atoms with E-state index < -0.39 is 0 Å². The third-order valence-corrected chi connectivity index (χ3v) is 2.34. The molecule has 0 unspecified atom stereocenters. The predicted octanol–water partition coefficient (Wildman–Crippen LogP) is 0.437. The van der Waals surface area contributed by atoms with Crippen LogP contribution in [0.4, 0.5) is 4.79 Å². The number of carbonyl (C=O) groups excluding carboxylic acids is 1. The van der Waals surface area contributed by atoms with Gasteiger partial charge in [0.2, 0.25) is 0 Å². The molecule has 1 saturated heterocycles. The van der Waals surface area contributed by atoms with Gasteiger partial charge < -0.3 is 15.0 Å². The third-order valence-electron chi connectivity index (χ3n) is 2.34. The highest BCUT2D eigenvalue weighted by atomic mass is 16.5. The van der Waals surface area contributed by atoms with Gasteiger partial charge in [-0.3, -0.25) is 0 Å². The zero-order valence-electron chi connectivity index (χ0n) is 7.67. The van der Waals surface area contributed by atoms with Crippen LogP contribution in [0.1, 0.15) is 12.8 Å². The van der Waals surface area contributed by atoms with Gasteiger partial charge >= 0.3 is 6.09 Å². The average Bonchev–Trinajstić information content (AvgIpc) is 2.17. The fraction of sp³-hybridized carbons (Fsp3) is 0.875. The molecule has 0 saturated carbocycles. The van der Waals surface area contributed by atoms with E-state index in [1.54, 1.807) is 4.90 Å². The first-order valence-electron chi connectivity index (χ1n) is 4.28. The summed E-state index contributed by atoms with van der Waals surface area (Å²) in [5.41, 5.74) is 0. The van der Waals surface area contributed by atoms with Crippen molar-refractivity contribution < 1.29 is 9.53 Å². The van der Waals surface area contributed by atoms with E-state index in [0.29, 0.717) is 6.04 Å². The predicted molar refractivity (Wildman–Crippen MR) is 46.1 cm³/mol. The summed E-state index contributed by atoms with van der Waals surface area (Å²) in [6.45, 7) is 1.61. The van der Waals surface area contributed by atoms with Crippen molar-refractivity contribution in [3.05, 3.63) is 0 Å². The minimum absolute atomic E-state index is 0.204. The minimum atomic E-state index is -0.204. The standard InChI is InChI=1S/C8H16N2O2/c1-9-7-3-5-10(6-4-7)8(11)12-2/h7,9H,3-6H2,1-2H3. The summed E-state index contributed by atoms with van der Waals surface area (Å²) in [6.07, 6.45) is 1.83. The molecule has 4 heteroatoms. The van der Waals surface area contributed by atoms with Gasteiger partial charge in [-0.15, -0.1) is 0 Å². The second kappa shape index (κ2) is 4.30. The highest BCUT2D eigenvalue weighted by Gasteiger charge is 2.21. The van der Waals surface area contributed by atoms with E-state index in [9.17, 15) is 4.79 Å². The first-order valence-corrected chi connectivity index (χ1v) is 4.28. The molecule has 1 aliphatic heterocycles. The highest BCUT2D eigenvalue weighted by molar-refractivity contribution is 5.67. The van der Waals surface area contributed by atoms with Crippen molar-refractivity contribution in [1.82, 2.24) is 10.2 Å². The summed E-state index contributed by atoms with van der Waals surface area (Å²) >= 11 is 0. The Morgan fingerprint density at radius 3 is 2.50 bits per heavy atom. The number of methoxy groups -OCH3 is 1. The number of ether oxygens (including phenoxy) is 1. The molecule has 0 aliphatic carbocycles. The maximum absolute atomic E-state index is 11.0. The van der Waals surface area contributed by atoms with Crippen LogP contribution < -0.4 is 5.32 Å². The van der Waals surface area contributed by atoms with Crippen LogP contribution in [0.3, 0.4) is 0 Å². The van der Waals surface area contributed by atoms with Crippen molar-refractivity contribution in [2.75, 3.05) is 27.2 Å². The molecular weight excluding hydrogens is 156 g/mol. The molecule has 0 spiro atoms. The minimum Gasteiger partial charge on any atom is -0.453 e. The monoisotopic (exact) mass is 172 g/mol. The number of carbonyl (C=O) groups is 1. The Balaban J connectivity index is 2.30. The van der Waals surface area contributed by atoms with E-state index in [-0.39, 0.29) is 6.09 Å². The summed E-state index contributed by atoms with van der Waals surface area (Å²) in [7, 11) is 3.38.